The van der Waals surface area contributed by atoms with E-state index in [1.807, 2.05) is 18.2 Å². The van der Waals surface area contributed by atoms with Crippen molar-refractivity contribution in [2.45, 2.75) is 6.54 Å². The highest BCUT2D eigenvalue weighted by Gasteiger charge is 2.10. The van der Waals surface area contributed by atoms with Crippen LogP contribution < -0.4 is 5.32 Å². The molecule has 0 radical (unpaired) electrons. The molecule has 3 aromatic rings. The predicted molar refractivity (Wildman–Crippen MR) is 84.6 cm³/mol. The number of nitrogens with zero attached hydrogens (tertiary/aromatic N) is 1. The molecule has 0 fully saturated rings. The zero-order chi connectivity index (χ0) is 15.4. The Labute approximate surface area is 132 Å². The molecule has 0 bridgehead atoms. The van der Waals surface area contributed by atoms with E-state index in [1.54, 1.807) is 42.8 Å². The number of nitrogens with one attached hydrogen (secondary N) is 1. The molecule has 0 saturated heterocycles. The lowest BCUT2D eigenvalue weighted by atomic mass is 10.1. The number of amides is 1. The van der Waals surface area contributed by atoms with Crippen molar-refractivity contribution in [1.82, 2.24) is 10.3 Å². The summed E-state index contributed by atoms with van der Waals surface area (Å²) in [5, 5.41) is 3.47. The van der Waals surface area contributed by atoms with Gasteiger partial charge in [-0.2, -0.15) is 0 Å². The van der Waals surface area contributed by atoms with E-state index in [0.29, 0.717) is 22.9 Å². The summed E-state index contributed by atoms with van der Waals surface area (Å²) < 4.78 is 5.37. The molecule has 0 aliphatic rings. The summed E-state index contributed by atoms with van der Waals surface area (Å²) in [6.45, 7) is 0.366. The van der Waals surface area contributed by atoms with Gasteiger partial charge in [0.1, 0.15) is 5.69 Å². The van der Waals surface area contributed by atoms with Gasteiger partial charge in [-0.15, -0.1) is 0 Å². The van der Waals surface area contributed by atoms with Gasteiger partial charge in [-0.1, -0.05) is 17.7 Å². The Hall–Kier alpha value is -2.59. The Bertz CT molecular complexity index is 768. The molecule has 0 atom stereocenters. The first-order chi connectivity index (χ1) is 10.7. The summed E-state index contributed by atoms with van der Waals surface area (Å²) in [5.74, 6) is 0.516. The smallest absolute Gasteiger partial charge is 0.251 e. The van der Waals surface area contributed by atoms with Crippen molar-refractivity contribution in [1.29, 1.82) is 0 Å². The van der Waals surface area contributed by atoms with Crippen molar-refractivity contribution in [3.05, 3.63) is 77.1 Å². The van der Waals surface area contributed by atoms with E-state index < -0.39 is 0 Å². The summed E-state index contributed by atoms with van der Waals surface area (Å²) in [5.41, 5.74) is 2.18. The zero-order valence-electron chi connectivity index (χ0n) is 11.6. The number of halogens is 1. The Morgan fingerprint density at radius 1 is 1.14 bits per heavy atom. The van der Waals surface area contributed by atoms with E-state index in [9.17, 15) is 4.79 Å². The zero-order valence-corrected chi connectivity index (χ0v) is 12.4. The molecule has 110 valence electrons. The molecule has 0 aliphatic heterocycles. The Balaban J connectivity index is 1.74. The molecule has 2 aromatic heterocycles. The van der Waals surface area contributed by atoms with Gasteiger partial charge in [0.2, 0.25) is 0 Å². The number of hydrogen-bond donors (Lipinski definition) is 1. The van der Waals surface area contributed by atoms with Crippen LogP contribution in [0.5, 0.6) is 0 Å². The molecule has 1 N–H and O–H groups in total. The van der Waals surface area contributed by atoms with Crippen molar-refractivity contribution < 1.29 is 9.21 Å². The van der Waals surface area contributed by atoms with Gasteiger partial charge in [0, 0.05) is 28.9 Å². The molecule has 2 heterocycles. The van der Waals surface area contributed by atoms with Crippen LogP contribution in [0.3, 0.4) is 0 Å². The minimum absolute atomic E-state index is 0.161. The first-order valence-electron chi connectivity index (χ1n) is 6.75. The second-order valence-electron chi connectivity index (χ2n) is 4.68. The van der Waals surface area contributed by atoms with Crippen LogP contribution in [0.1, 0.15) is 15.9 Å². The average Bonchev–Trinajstić information content (AvgIpc) is 3.08. The molecule has 1 amide bonds. The van der Waals surface area contributed by atoms with Crippen molar-refractivity contribution in [3.8, 4) is 11.5 Å². The number of furan rings is 1. The van der Waals surface area contributed by atoms with Crippen LogP contribution in [0, 0.1) is 0 Å². The second kappa shape index (κ2) is 6.45. The van der Waals surface area contributed by atoms with Gasteiger partial charge in [-0.3, -0.25) is 9.78 Å². The van der Waals surface area contributed by atoms with Crippen LogP contribution in [-0.2, 0) is 6.54 Å². The molecular weight excluding hydrogens is 300 g/mol. The summed E-state index contributed by atoms with van der Waals surface area (Å²) in [6, 6.07) is 14.1. The van der Waals surface area contributed by atoms with Gasteiger partial charge in [0.15, 0.2) is 5.76 Å². The molecule has 1 aromatic carbocycles. The quantitative estimate of drug-likeness (QED) is 0.794. The predicted octanol–water partition coefficient (Wildman–Crippen LogP) is 3.93. The normalized spacial score (nSPS) is 10.4. The molecule has 3 rings (SSSR count). The lowest BCUT2D eigenvalue weighted by Gasteiger charge is -2.08. The van der Waals surface area contributed by atoms with Gasteiger partial charge < -0.3 is 9.73 Å². The van der Waals surface area contributed by atoms with Crippen molar-refractivity contribution in [3.63, 3.8) is 0 Å². The summed E-state index contributed by atoms with van der Waals surface area (Å²) in [7, 11) is 0. The van der Waals surface area contributed by atoms with Crippen LogP contribution in [0.15, 0.2) is 65.4 Å². The Morgan fingerprint density at radius 2 is 1.95 bits per heavy atom. The van der Waals surface area contributed by atoms with Gasteiger partial charge >= 0.3 is 0 Å². The van der Waals surface area contributed by atoms with Gasteiger partial charge in [0.05, 0.1) is 6.26 Å². The highest BCUT2D eigenvalue weighted by Crippen LogP contribution is 2.21. The standard InChI is InChI=1S/C17H13ClN2O2/c18-14-7-5-12(6-8-14)17(21)20-11-13-3-1-9-19-16(13)15-4-2-10-22-15/h1-10H,11H2,(H,20,21). The third-order valence-electron chi connectivity index (χ3n) is 3.19. The molecule has 5 heteroatoms. The maximum absolute atomic E-state index is 12.1. The summed E-state index contributed by atoms with van der Waals surface area (Å²) in [4.78, 5) is 16.5. The molecule has 0 spiro atoms. The Morgan fingerprint density at radius 3 is 2.68 bits per heavy atom. The van der Waals surface area contributed by atoms with Crippen LogP contribution in [0.4, 0.5) is 0 Å². The van der Waals surface area contributed by atoms with E-state index in [1.165, 1.54) is 0 Å². The van der Waals surface area contributed by atoms with Gasteiger partial charge in [0.25, 0.3) is 5.91 Å². The maximum atomic E-state index is 12.1. The van der Waals surface area contributed by atoms with E-state index in [2.05, 4.69) is 10.3 Å². The highest BCUT2D eigenvalue weighted by molar-refractivity contribution is 6.30. The number of carbonyl (C=O) groups excluding carboxylic acids is 1. The minimum atomic E-state index is -0.161. The number of aromatic nitrogens is 1. The molecule has 22 heavy (non-hydrogen) atoms. The van der Waals surface area contributed by atoms with Crippen LogP contribution in [0.2, 0.25) is 5.02 Å². The molecule has 0 aliphatic carbocycles. The van der Waals surface area contributed by atoms with Crippen molar-refractivity contribution >= 4 is 17.5 Å². The molecule has 0 unspecified atom stereocenters. The number of pyridine rings is 1. The topological polar surface area (TPSA) is 55.1 Å². The second-order valence-corrected chi connectivity index (χ2v) is 5.11. The molecule has 4 nitrogen and oxygen atoms in total. The van der Waals surface area contributed by atoms with E-state index in [4.69, 9.17) is 16.0 Å². The van der Waals surface area contributed by atoms with E-state index >= 15 is 0 Å². The lowest BCUT2D eigenvalue weighted by Crippen LogP contribution is -2.23. The fourth-order valence-electron chi connectivity index (χ4n) is 2.10. The first-order valence-corrected chi connectivity index (χ1v) is 7.13. The highest BCUT2D eigenvalue weighted by atomic mass is 35.5. The van der Waals surface area contributed by atoms with E-state index in [-0.39, 0.29) is 5.91 Å². The number of benzene rings is 1. The molecule has 0 saturated carbocycles. The van der Waals surface area contributed by atoms with Crippen LogP contribution >= 0.6 is 11.6 Å². The average molecular weight is 313 g/mol. The maximum Gasteiger partial charge on any atom is 0.251 e. The number of carbonyl (C=O) groups is 1. The third-order valence-corrected chi connectivity index (χ3v) is 3.44. The minimum Gasteiger partial charge on any atom is -0.463 e. The Kier molecular flexibility index (Phi) is 4.21. The fraction of sp³-hybridized carbons (Fsp3) is 0.0588. The lowest BCUT2D eigenvalue weighted by molar-refractivity contribution is 0.0951. The fourth-order valence-corrected chi connectivity index (χ4v) is 2.22. The van der Waals surface area contributed by atoms with Gasteiger partial charge in [-0.05, 0) is 42.5 Å². The number of hydrogen-bond acceptors (Lipinski definition) is 3. The first kappa shape index (κ1) is 14.4. The van der Waals surface area contributed by atoms with E-state index in [0.717, 1.165) is 11.3 Å². The van der Waals surface area contributed by atoms with Crippen LogP contribution in [0.25, 0.3) is 11.5 Å². The summed E-state index contributed by atoms with van der Waals surface area (Å²) in [6.07, 6.45) is 3.29. The number of rotatable bonds is 4. The van der Waals surface area contributed by atoms with Crippen molar-refractivity contribution in [2.24, 2.45) is 0 Å². The monoisotopic (exact) mass is 312 g/mol. The summed E-state index contributed by atoms with van der Waals surface area (Å²) >= 11 is 5.82. The third kappa shape index (κ3) is 3.18. The SMILES string of the molecule is O=C(NCc1cccnc1-c1ccco1)c1ccc(Cl)cc1. The van der Waals surface area contributed by atoms with Crippen LogP contribution in [-0.4, -0.2) is 10.9 Å². The van der Waals surface area contributed by atoms with Crippen molar-refractivity contribution in [2.75, 3.05) is 0 Å². The molecular formula is C17H13ClN2O2. The van der Waals surface area contributed by atoms with Gasteiger partial charge in [-0.25, -0.2) is 0 Å². The largest absolute Gasteiger partial charge is 0.463 e.